The van der Waals surface area contributed by atoms with Crippen LogP contribution in [-0.4, -0.2) is 0 Å². The van der Waals surface area contributed by atoms with E-state index in [0.29, 0.717) is 19.6 Å². The van der Waals surface area contributed by atoms with Gasteiger partial charge in [-0.05, 0) is 36.2 Å². The van der Waals surface area contributed by atoms with E-state index in [2.05, 4.69) is 4.72 Å². The Kier molecular flexibility index (Phi) is 4.73. The van der Waals surface area contributed by atoms with Gasteiger partial charge < -0.3 is 4.72 Å². The molecule has 0 aliphatic heterocycles. The fraction of sp³-hybridized carbons (Fsp3) is 0.0909. The van der Waals surface area contributed by atoms with Crippen molar-refractivity contribution in [1.29, 1.82) is 0 Å². The van der Waals surface area contributed by atoms with Gasteiger partial charge in [0.15, 0.2) is 0 Å². The minimum Gasteiger partial charge on any atom is -0.325 e. The molecule has 1 aromatic carbocycles. The molecular weight excluding hydrogens is 357 g/mol. The topological polar surface area (TPSA) is 12.0 Å². The lowest BCUT2D eigenvalue weighted by Gasteiger charge is -2.10. The summed E-state index contributed by atoms with van der Waals surface area (Å²) < 4.78 is 54.3. The third kappa shape index (κ3) is 3.94. The lowest BCUT2D eigenvalue weighted by molar-refractivity contribution is -0.137. The van der Waals surface area contributed by atoms with E-state index in [4.69, 9.17) is 23.2 Å². The molecule has 1 nitrogen and oxygen atoms in total. The van der Waals surface area contributed by atoms with Crippen LogP contribution >= 0.6 is 46.5 Å². The van der Waals surface area contributed by atoms with E-state index in [9.17, 15) is 17.6 Å². The van der Waals surface area contributed by atoms with Crippen LogP contribution in [0.2, 0.25) is 8.67 Å². The fourth-order valence-electron chi connectivity index (χ4n) is 1.32. The van der Waals surface area contributed by atoms with Crippen molar-refractivity contribution >= 4 is 52.2 Å². The molecule has 9 heteroatoms. The maximum absolute atomic E-state index is 13.2. The first-order chi connectivity index (χ1) is 9.25. The number of alkyl halides is 3. The van der Waals surface area contributed by atoms with Gasteiger partial charge in [0.05, 0.1) is 14.8 Å². The van der Waals surface area contributed by atoms with Crippen LogP contribution in [0.25, 0.3) is 0 Å². The Morgan fingerprint density at radius 1 is 1.10 bits per heavy atom. The molecule has 2 rings (SSSR count). The molecule has 0 radical (unpaired) electrons. The maximum Gasteiger partial charge on any atom is 0.416 e. The summed E-state index contributed by atoms with van der Waals surface area (Å²) in [6, 6.07) is 3.78. The van der Waals surface area contributed by atoms with Gasteiger partial charge in [0.1, 0.15) is 10.2 Å². The second kappa shape index (κ2) is 6.01. The van der Waals surface area contributed by atoms with Gasteiger partial charge in [-0.3, -0.25) is 0 Å². The fourth-order valence-corrected chi connectivity index (χ4v) is 3.70. The first kappa shape index (κ1) is 15.8. The molecule has 20 heavy (non-hydrogen) atoms. The van der Waals surface area contributed by atoms with E-state index in [1.54, 1.807) is 6.07 Å². The molecule has 0 saturated heterocycles. The average molecular weight is 362 g/mol. The van der Waals surface area contributed by atoms with Gasteiger partial charge in [0, 0.05) is 5.69 Å². The summed E-state index contributed by atoms with van der Waals surface area (Å²) in [5.41, 5.74) is -1.07. The van der Waals surface area contributed by atoms with Crippen LogP contribution in [0.4, 0.5) is 23.2 Å². The molecule has 0 amide bonds. The van der Waals surface area contributed by atoms with E-state index in [1.165, 1.54) is 0 Å². The molecular formula is C11H5Cl2F4NS2. The quantitative estimate of drug-likeness (QED) is 0.506. The summed E-state index contributed by atoms with van der Waals surface area (Å²) in [5, 5.41) is 0. The molecule has 0 unspecified atom stereocenters. The smallest absolute Gasteiger partial charge is 0.325 e. The molecule has 1 heterocycles. The summed E-state index contributed by atoms with van der Waals surface area (Å²) >= 11 is 13.7. The highest BCUT2D eigenvalue weighted by Gasteiger charge is 2.31. The van der Waals surface area contributed by atoms with Crippen molar-refractivity contribution in [3.8, 4) is 0 Å². The molecule has 0 fully saturated rings. The summed E-state index contributed by atoms with van der Waals surface area (Å²) in [5.74, 6) is -0.975. The summed E-state index contributed by atoms with van der Waals surface area (Å²) in [7, 11) is 0. The average Bonchev–Trinajstić information content (AvgIpc) is 2.63. The molecule has 0 spiro atoms. The van der Waals surface area contributed by atoms with Crippen molar-refractivity contribution < 1.29 is 17.6 Å². The minimum absolute atomic E-state index is 0.0132. The number of hydrogen-bond donors (Lipinski definition) is 1. The van der Waals surface area contributed by atoms with Gasteiger partial charge in [-0.2, -0.15) is 13.2 Å². The van der Waals surface area contributed by atoms with Crippen molar-refractivity contribution in [3.05, 3.63) is 44.3 Å². The van der Waals surface area contributed by atoms with Gasteiger partial charge >= 0.3 is 6.18 Å². The van der Waals surface area contributed by atoms with Crippen molar-refractivity contribution in [2.24, 2.45) is 0 Å². The van der Waals surface area contributed by atoms with Gasteiger partial charge in [-0.1, -0.05) is 23.2 Å². The Labute approximate surface area is 130 Å². The molecule has 0 aliphatic carbocycles. The lowest BCUT2D eigenvalue weighted by Crippen LogP contribution is -2.06. The van der Waals surface area contributed by atoms with Crippen molar-refractivity contribution in [2.45, 2.75) is 11.1 Å². The Hall–Kier alpha value is -0.630. The first-order valence-electron chi connectivity index (χ1n) is 5.01. The highest BCUT2D eigenvalue weighted by atomic mass is 35.5. The van der Waals surface area contributed by atoms with E-state index in [1.807, 2.05) is 0 Å². The molecule has 1 N–H and O–H groups in total. The van der Waals surface area contributed by atoms with Crippen molar-refractivity contribution in [2.75, 3.05) is 4.72 Å². The Morgan fingerprint density at radius 2 is 1.80 bits per heavy atom. The molecule has 108 valence electrons. The third-order valence-electron chi connectivity index (χ3n) is 2.13. The highest BCUT2D eigenvalue weighted by molar-refractivity contribution is 8.00. The number of nitrogens with one attached hydrogen (secondary N) is 1. The van der Waals surface area contributed by atoms with Gasteiger partial charge in [-0.15, -0.1) is 11.3 Å². The van der Waals surface area contributed by atoms with E-state index < -0.39 is 17.6 Å². The standard InChI is InChI=1S/C11H5Cl2F4NS2/c12-9-4-8(10(13)19-9)20-18-7-2-5(11(15,16)17)1-6(14)3-7/h1-4,18H. The number of thiophene rings is 1. The van der Waals surface area contributed by atoms with E-state index in [0.717, 1.165) is 35.4 Å². The predicted molar refractivity (Wildman–Crippen MR) is 75.2 cm³/mol. The Morgan fingerprint density at radius 3 is 2.35 bits per heavy atom. The molecule has 0 atom stereocenters. The largest absolute Gasteiger partial charge is 0.416 e. The first-order valence-corrected chi connectivity index (χ1v) is 7.40. The van der Waals surface area contributed by atoms with E-state index in [-0.39, 0.29) is 5.69 Å². The van der Waals surface area contributed by atoms with Crippen LogP contribution in [0.5, 0.6) is 0 Å². The second-order valence-electron chi connectivity index (χ2n) is 3.62. The van der Waals surface area contributed by atoms with Crippen molar-refractivity contribution in [1.82, 2.24) is 0 Å². The summed E-state index contributed by atoms with van der Waals surface area (Å²) in [6.45, 7) is 0. The van der Waals surface area contributed by atoms with Crippen LogP contribution in [0.1, 0.15) is 5.56 Å². The van der Waals surface area contributed by atoms with Crippen LogP contribution in [0.15, 0.2) is 29.2 Å². The zero-order valence-electron chi connectivity index (χ0n) is 9.39. The zero-order valence-corrected chi connectivity index (χ0v) is 12.5. The summed E-state index contributed by atoms with van der Waals surface area (Å²) in [4.78, 5) is 0.555. The molecule has 0 saturated carbocycles. The van der Waals surface area contributed by atoms with Crippen molar-refractivity contribution in [3.63, 3.8) is 0 Å². The number of rotatable bonds is 3. The number of hydrogen-bond acceptors (Lipinski definition) is 3. The van der Waals surface area contributed by atoms with Crippen LogP contribution in [0.3, 0.4) is 0 Å². The number of benzene rings is 1. The third-order valence-corrected chi connectivity index (χ3v) is 4.74. The molecule has 0 bridgehead atoms. The van der Waals surface area contributed by atoms with Crippen LogP contribution < -0.4 is 4.72 Å². The lowest BCUT2D eigenvalue weighted by atomic mass is 10.2. The van der Waals surface area contributed by atoms with Crippen LogP contribution in [-0.2, 0) is 6.18 Å². The highest BCUT2D eigenvalue weighted by Crippen LogP contribution is 2.38. The normalized spacial score (nSPS) is 11.7. The zero-order chi connectivity index (χ0) is 14.9. The van der Waals surface area contributed by atoms with Gasteiger partial charge in [0.2, 0.25) is 0 Å². The summed E-state index contributed by atoms with van der Waals surface area (Å²) in [6.07, 6.45) is -4.60. The number of anilines is 1. The van der Waals surface area contributed by atoms with E-state index >= 15 is 0 Å². The molecule has 2 aromatic rings. The second-order valence-corrected chi connectivity index (χ2v) is 6.75. The molecule has 1 aromatic heterocycles. The SMILES string of the molecule is Fc1cc(NSc2cc(Cl)sc2Cl)cc(C(F)(F)F)c1. The monoisotopic (exact) mass is 361 g/mol. The molecule has 0 aliphatic rings. The van der Waals surface area contributed by atoms with Gasteiger partial charge in [-0.25, -0.2) is 4.39 Å². The van der Waals surface area contributed by atoms with Gasteiger partial charge in [0.25, 0.3) is 0 Å². The Bertz CT molecular complexity index is 627. The van der Waals surface area contributed by atoms with Crippen LogP contribution in [0, 0.1) is 5.82 Å². The predicted octanol–water partition coefficient (Wildman–Crippen LogP) is 6.33. The number of halogens is 6. The minimum atomic E-state index is -4.60. The maximum atomic E-state index is 13.2. The Balaban J connectivity index is 2.18.